The summed E-state index contributed by atoms with van der Waals surface area (Å²) >= 11 is 13.3. The van der Waals surface area contributed by atoms with Crippen molar-refractivity contribution in [3.05, 3.63) is 28.8 Å². The Labute approximate surface area is 125 Å². The molecule has 1 nitrogen and oxygen atoms in total. The second kappa shape index (κ2) is 7.01. The molecule has 0 aliphatic carbocycles. The molecule has 17 heavy (non-hydrogen) atoms. The van der Waals surface area contributed by atoms with E-state index in [4.69, 9.17) is 16.3 Å². The Hall–Kier alpha value is 0.270. The molecule has 1 rings (SSSR count). The Bertz CT molecular complexity index is 356. The van der Waals surface area contributed by atoms with Gasteiger partial charge in [0.1, 0.15) is 5.75 Å². The summed E-state index contributed by atoms with van der Waals surface area (Å²) in [6.07, 6.45) is 2.04. The van der Waals surface area contributed by atoms with Crippen molar-refractivity contribution in [1.82, 2.24) is 0 Å². The number of alkyl halides is 2. The lowest BCUT2D eigenvalue weighted by atomic mass is 9.83. The molecule has 0 fully saturated rings. The van der Waals surface area contributed by atoms with Gasteiger partial charge in [-0.2, -0.15) is 0 Å². The summed E-state index contributed by atoms with van der Waals surface area (Å²) in [7, 11) is 1.70. The predicted octanol–water partition coefficient (Wildman–Crippen LogP) is 5.08. The number of ether oxygens (including phenoxy) is 1. The van der Waals surface area contributed by atoms with Gasteiger partial charge in [-0.3, -0.25) is 0 Å². The van der Waals surface area contributed by atoms with E-state index in [1.165, 1.54) is 5.56 Å². The summed E-state index contributed by atoms with van der Waals surface area (Å²) < 4.78 is 5.39. The van der Waals surface area contributed by atoms with Crippen LogP contribution in [0, 0.1) is 5.41 Å². The van der Waals surface area contributed by atoms with Crippen LogP contribution < -0.4 is 4.74 Å². The zero-order valence-corrected chi connectivity index (χ0v) is 14.0. The standard InChI is InChI=1S/C13H17Br2ClO/c1-3-13(8-14,9-15)7-10-6-11(16)4-5-12(10)17-2/h4-6H,3,7-9H2,1-2H3. The molecule has 0 unspecified atom stereocenters. The van der Waals surface area contributed by atoms with E-state index in [0.29, 0.717) is 0 Å². The first-order valence-electron chi connectivity index (χ1n) is 5.55. The van der Waals surface area contributed by atoms with Gasteiger partial charge in [0.05, 0.1) is 7.11 Å². The average molecular weight is 385 g/mol. The molecule has 0 saturated heterocycles. The van der Waals surface area contributed by atoms with Crippen molar-refractivity contribution in [3.63, 3.8) is 0 Å². The molecule has 0 radical (unpaired) electrons. The van der Waals surface area contributed by atoms with E-state index in [9.17, 15) is 0 Å². The zero-order chi connectivity index (χ0) is 12.9. The monoisotopic (exact) mass is 382 g/mol. The van der Waals surface area contributed by atoms with E-state index in [2.05, 4.69) is 38.8 Å². The highest BCUT2D eigenvalue weighted by atomic mass is 79.9. The number of halogens is 3. The molecule has 4 heteroatoms. The minimum absolute atomic E-state index is 0.206. The van der Waals surface area contributed by atoms with Crippen molar-refractivity contribution in [1.29, 1.82) is 0 Å². The molecule has 0 heterocycles. The molecule has 0 atom stereocenters. The Morgan fingerprint density at radius 2 is 1.94 bits per heavy atom. The molecular weight excluding hydrogens is 367 g/mol. The topological polar surface area (TPSA) is 9.23 Å². The number of hydrogen-bond donors (Lipinski definition) is 0. The van der Waals surface area contributed by atoms with Gasteiger partial charge in [0, 0.05) is 15.7 Å². The molecule has 0 saturated carbocycles. The predicted molar refractivity (Wildman–Crippen MR) is 82.0 cm³/mol. The lowest BCUT2D eigenvalue weighted by Gasteiger charge is -2.29. The van der Waals surface area contributed by atoms with Crippen LogP contribution in [-0.4, -0.2) is 17.8 Å². The van der Waals surface area contributed by atoms with E-state index < -0.39 is 0 Å². The van der Waals surface area contributed by atoms with Crippen molar-refractivity contribution in [2.75, 3.05) is 17.8 Å². The second-order valence-corrected chi connectivity index (χ2v) is 5.81. The largest absolute Gasteiger partial charge is 0.496 e. The van der Waals surface area contributed by atoms with Crippen LogP contribution in [-0.2, 0) is 6.42 Å². The Morgan fingerprint density at radius 1 is 1.29 bits per heavy atom. The maximum Gasteiger partial charge on any atom is 0.122 e. The van der Waals surface area contributed by atoms with Crippen LogP contribution in [0.2, 0.25) is 5.02 Å². The van der Waals surface area contributed by atoms with Gasteiger partial charge in [-0.15, -0.1) is 0 Å². The molecule has 0 spiro atoms. The first kappa shape index (κ1) is 15.3. The van der Waals surface area contributed by atoms with Gasteiger partial charge in [-0.1, -0.05) is 50.4 Å². The summed E-state index contributed by atoms with van der Waals surface area (Å²) in [6, 6.07) is 5.79. The van der Waals surface area contributed by atoms with Gasteiger partial charge >= 0.3 is 0 Å². The lowest BCUT2D eigenvalue weighted by molar-refractivity contribution is 0.357. The third kappa shape index (κ3) is 3.87. The molecule has 0 aliphatic rings. The quantitative estimate of drug-likeness (QED) is 0.622. The fourth-order valence-corrected chi connectivity index (χ4v) is 4.05. The number of benzene rings is 1. The van der Waals surface area contributed by atoms with Crippen LogP contribution in [0.4, 0.5) is 0 Å². The highest BCUT2D eigenvalue weighted by Crippen LogP contribution is 2.35. The molecule has 0 amide bonds. The summed E-state index contributed by atoms with van der Waals surface area (Å²) in [5, 5.41) is 2.67. The van der Waals surface area contributed by atoms with E-state index in [1.54, 1.807) is 7.11 Å². The SMILES string of the molecule is CCC(CBr)(CBr)Cc1cc(Cl)ccc1OC. The van der Waals surface area contributed by atoms with Crippen molar-refractivity contribution < 1.29 is 4.74 Å². The maximum absolute atomic E-state index is 6.05. The first-order chi connectivity index (χ1) is 8.10. The van der Waals surface area contributed by atoms with Gasteiger partial charge in [-0.05, 0) is 42.0 Å². The molecule has 0 aliphatic heterocycles. The molecule has 0 aromatic heterocycles. The lowest BCUT2D eigenvalue weighted by Crippen LogP contribution is -2.27. The smallest absolute Gasteiger partial charge is 0.122 e. The summed E-state index contributed by atoms with van der Waals surface area (Å²) in [6.45, 7) is 2.21. The van der Waals surface area contributed by atoms with Gasteiger partial charge in [0.15, 0.2) is 0 Å². The summed E-state index contributed by atoms with van der Waals surface area (Å²) in [4.78, 5) is 0. The van der Waals surface area contributed by atoms with Gasteiger partial charge in [0.2, 0.25) is 0 Å². The van der Waals surface area contributed by atoms with E-state index in [1.807, 2.05) is 18.2 Å². The average Bonchev–Trinajstić information content (AvgIpc) is 2.36. The summed E-state index contributed by atoms with van der Waals surface area (Å²) in [5.74, 6) is 0.911. The molecule has 1 aromatic carbocycles. The normalized spacial score (nSPS) is 11.6. The number of rotatable bonds is 6. The number of hydrogen-bond acceptors (Lipinski definition) is 1. The van der Waals surface area contributed by atoms with Crippen LogP contribution in [0.5, 0.6) is 5.75 Å². The Morgan fingerprint density at radius 3 is 2.41 bits per heavy atom. The molecule has 96 valence electrons. The highest BCUT2D eigenvalue weighted by Gasteiger charge is 2.27. The van der Waals surface area contributed by atoms with Crippen molar-refractivity contribution >= 4 is 43.5 Å². The van der Waals surface area contributed by atoms with Crippen molar-refractivity contribution in [3.8, 4) is 5.75 Å². The van der Waals surface area contributed by atoms with Crippen LogP contribution in [0.3, 0.4) is 0 Å². The van der Waals surface area contributed by atoms with Crippen molar-refractivity contribution in [2.45, 2.75) is 19.8 Å². The first-order valence-corrected chi connectivity index (χ1v) is 8.17. The third-order valence-electron chi connectivity index (χ3n) is 3.12. The fraction of sp³-hybridized carbons (Fsp3) is 0.538. The van der Waals surface area contributed by atoms with E-state index >= 15 is 0 Å². The Balaban J connectivity index is 3.03. The number of methoxy groups -OCH3 is 1. The minimum atomic E-state index is 0.206. The summed E-state index contributed by atoms with van der Waals surface area (Å²) in [5.41, 5.74) is 1.37. The van der Waals surface area contributed by atoms with Gasteiger partial charge in [0.25, 0.3) is 0 Å². The molecule has 1 aromatic rings. The van der Waals surface area contributed by atoms with Crippen LogP contribution in [0.15, 0.2) is 18.2 Å². The van der Waals surface area contributed by atoms with Crippen LogP contribution in [0.25, 0.3) is 0 Å². The van der Waals surface area contributed by atoms with Crippen molar-refractivity contribution in [2.24, 2.45) is 5.41 Å². The third-order valence-corrected chi connectivity index (χ3v) is 5.74. The molecule has 0 bridgehead atoms. The van der Waals surface area contributed by atoms with E-state index in [0.717, 1.165) is 34.3 Å². The Kier molecular flexibility index (Phi) is 6.32. The van der Waals surface area contributed by atoms with Crippen LogP contribution >= 0.6 is 43.5 Å². The second-order valence-electron chi connectivity index (χ2n) is 4.25. The highest BCUT2D eigenvalue weighted by molar-refractivity contribution is 9.09. The maximum atomic E-state index is 6.05. The molecular formula is C13H17Br2ClO. The van der Waals surface area contributed by atoms with Gasteiger partial charge in [-0.25, -0.2) is 0 Å². The zero-order valence-electron chi connectivity index (χ0n) is 10.1. The van der Waals surface area contributed by atoms with E-state index in [-0.39, 0.29) is 5.41 Å². The van der Waals surface area contributed by atoms with Crippen LogP contribution in [0.1, 0.15) is 18.9 Å². The van der Waals surface area contributed by atoms with Gasteiger partial charge < -0.3 is 4.74 Å². The fourth-order valence-electron chi connectivity index (χ4n) is 1.73. The minimum Gasteiger partial charge on any atom is -0.496 e. The molecule has 0 N–H and O–H groups in total.